The molecule has 1 nitrogen and oxygen atoms in total. The highest BCUT2D eigenvalue weighted by molar-refractivity contribution is 7.80. The first-order valence-electron chi connectivity index (χ1n) is 16.4. The fourth-order valence-electron chi connectivity index (χ4n) is 8.07. The van der Waals surface area contributed by atoms with Crippen LogP contribution < -0.4 is 5.32 Å². The molecule has 4 aliphatic carbocycles. The molecule has 3 aromatic rings. The Balaban J connectivity index is 1.15. The number of hydrogen-bond donors (Lipinski definition) is 2. The molecule has 5 unspecified atom stereocenters. The Morgan fingerprint density at radius 1 is 0.767 bits per heavy atom. The van der Waals surface area contributed by atoms with Gasteiger partial charge in [0.25, 0.3) is 0 Å². The van der Waals surface area contributed by atoms with Crippen LogP contribution in [0.15, 0.2) is 132 Å². The summed E-state index contributed by atoms with van der Waals surface area (Å²) in [6.07, 6.45) is 27.0. The van der Waals surface area contributed by atoms with Crippen molar-refractivity contribution in [2.75, 3.05) is 0 Å². The number of thiol groups is 1. The number of allylic oxidation sites excluding steroid dienone is 10. The van der Waals surface area contributed by atoms with E-state index >= 15 is 0 Å². The third-order valence-electron chi connectivity index (χ3n) is 10.3. The summed E-state index contributed by atoms with van der Waals surface area (Å²) in [7, 11) is 0. The molecule has 3 aromatic carbocycles. The smallest absolute Gasteiger partial charge is 0.0298 e. The van der Waals surface area contributed by atoms with Crippen LogP contribution in [0.2, 0.25) is 0 Å². The van der Waals surface area contributed by atoms with E-state index in [9.17, 15) is 0 Å². The maximum Gasteiger partial charge on any atom is 0.0298 e. The van der Waals surface area contributed by atoms with E-state index in [0.717, 1.165) is 29.6 Å². The number of hydrogen-bond acceptors (Lipinski definition) is 2. The molecule has 4 aliphatic rings. The number of benzene rings is 3. The summed E-state index contributed by atoms with van der Waals surface area (Å²) < 4.78 is 0. The van der Waals surface area contributed by atoms with Gasteiger partial charge in [-0.15, -0.1) is 12.6 Å². The van der Waals surface area contributed by atoms with Crippen molar-refractivity contribution >= 4 is 23.8 Å². The Kier molecular flexibility index (Phi) is 8.57. The Morgan fingerprint density at radius 3 is 2.47 bits per heavy atom. The van der Waals surface area contributed by atoms with E-state index in [1.165, 1.54) is 77.6 Å². The molecule has 0 aromatic heterocycles. The minimum absolute atomic E-state index is 0.472. The Labute approximate surface area is 263 Å². The fourth-order valence-corrected chi connectivity index (χ4v) is 8.36. The topological polar surface area (TPSA) is 12.0 Å². The lowest BCUT2D eigenvalue weighted by Gasteiger charge is -2.43. The van der Waals surface area contributed by atoms with Gasteiger partial charge in [-0.25, -0.2) is 0 Å². The second-order valence-corrected chi connectivity index (χ2v) is 13.4. The van der Waals surface area contributed by atoms with Gasteiger partial charge in [0.15, 0.2) is 0 Å². The predicted octanol–water partition coefficient (Wildman–Crippen LogP) is 10.7. The van der Waals surface area contributed by atoms with Gasteiger partial charge in [0.2, 0.25) is 0 Å². The quantitative estimate of drug-likeness (QED) is 0.209. The lowest BCUT2D eigenvalue weighted by Crippen LogP contribution is -2.45. The monoisotopic (exact) mass is 581 g/mol. The van der Waals surface area contributed by atoms with Crippen LogP contribution in [0.3, 0.4) is 0 Å². The van der Waals surface area contributed by atoms with Gasteiger partial charge < -0.3 is 5.32 Å². The highest BCUT2D eigenvalue weighted by Crippen LogP contribution is 2.46. The second-order valence-electron chi connectivity index (χ2n) is 12.9. The van der Waals surface area contributed by atoms with Crippen molar-refractivity contribution in [2.45, 2.75) is 62.3 Å². The van der Waals surface area contributed by atoms with E-state index in [-0.39, 0.29) is 0 Å². The van der Waals surface area contributed by atoms with Gasteiger partial charge in [0.1, 0.15) is 0 Å². The summed E-state index contributed by atoms with van der Waals surface area (Å²) in [5.41, 5.74) is 9.29. The van der Waals surface area contributed by atoms with Gasteiger partial charge in [-0.3, -0.25) is 0 Å². The van der Waals surface area contributed by atoms with E-state index in [1.807, 2.05) is 6.07 Å². The zero-order valence-electron chi connectivity index (χ0n) is 25.0. The van der Waals surface area contributed by atoms with Crippen LogP contribution in [0.5, 0.6) is 0 Å². The molecule has 0 amide bonds. The van der Waals surface area contributed by atoms with Crippen molar-refractivity contribution in [1.82, 2.24) is 5.32 Å². The molecule has 7 rings (SSSR count). The van der Waals surface area contributed by atoms with Crippen LogP contribution in [-0.4, -0.2) is 6.04 Å². The first-order chi connectivity index (χ1) is 21.2. The van der Waals surface area contributed by atoms with Crippen LogP contribution in [0.25, 0.3) is 22.3 Å². The molecule has 1 saturated carbocycles. The summed E-state index contributed by atoms with van der Waals surface area (Å²) in [6.45, 7) is 0. The Morgan fingerprint density at radius 2 is 1.60 bits per heavy atom. The predicted molar refractivity (Wildman–Crippen MR) is 186 cm³/mol. The SMILES string of the molecule is Sc1ccccc1-c1cccc(C2=CCCC(NC3CC(C4C=CCCC4)CCC3C3C=CC=C3c3ccccc3)=C2)c1. The summed E-state index contributed by atoms with van der Waals surface area (Å²) in [5.74, 6) is 2.59. The third-order valence-corrected chi connectivity index (χ3v) is 10.6. The van der Waals surface area contributed by atoms with Crippen LogP contribution in [0.4, 0.5) is 0 Å². The second kappa shape index (κ2) is 13.0. The van der Waals surface area contributed by atoms with Gasteiger partial charge in [-0.1, -0.05) is 103 Å². The van der Waals surface area contributed by atoms with Crippen molar-refractivity contribution in [3.63, 3.8) is 0 Å². The molecule has 0 saturated heterocycles. The van der Waals surface area contributed by atoms with Gasteiger partial charge in [-0.2, -0.15) is 0 Å². The zero-order valence-corrected chi connectivity index (χ0v) is 25.9. The van der Waals surface area contributed by atoms with Gasteiger partial charge in [-0.05, 0) is 121 Å². The average Bonchev–Trinajstić information content (AvgIpc) is 3.56. The summed E-state index contributed by atoms with van der Waals surface area (Å²) in [6, 6.07) is 28.9. The Hall–Kier alpha value is -3.49. The molecular weight excluding hydrogens is 539 g/mol. The molecule has 0 radical (unpaired) electrons. The van der Waals surface area contributed by atoms with E-state index in [1.54, 1.807) is 0 Å². The third kappa shape index (κ3) is 6.27. The minimum Gasteiger partial charge on any atom is -0.385 e. The highest BCUT2D eigenvalue weighted by Gasteiger charge is 2.39. The molecule has 0 spiro atoms. The van der Waals surface area contributed by atoms with Crippen molar-refractivity contribution in [3.8, 4) is 11.1 Å². The zero-order chi connectivity index (χ0) is 29.0. The Bertz CT molecular complexity index is 1590. The van der Waals surface area contributed by atoms with Crippen LogP contribution >= 0.6 is 12.6 Å². The van der Waals surface area contributed by atoms with Crippen molar-refractivity contribution in [2.24, 2.45) is 23.7 Å². The molecule has 0 heterocycles. The first-order valence-corrected chi connectivity index (χ1v) is 16.8. The minimum atomic E-state index is 0.472. The molecule has 2 heteroatoms. The molecule has 1 fully saturated rings. The highest BCUT2D eigenvalue weighted by atomic mass is 32.1. The van der Waals surface area contributed by atoms with Crippen molar-refractivity contribution < 1.29 is 0 Å². The molecule has 0 aliphatic heterocycles. The molecular formula is C41H43NS. The van der Waals surface area contributed by atoms with Crippen molar-refractivity contribution in [1.29, 1.82) is 0 Å². The summed E-state index contributed by atoms with van der Waals surface area (Å²) in [5, 5.41) is 4.20. The molecule has 5 atom stereocenters. The lowest BCUT2D eigenvalue weighted by molar-refractivity contribution is 0.159. The number of rotatable bonds is 7. The molecule has 1 N–H and O–H groups in total. The first kappa shape index (κ1) is 28.3. The molecule has 218 valence electrons. The van der Waals surface area contributed by atoms with Gasteiger partial charge in [0, 0.05) is 22.6 Å². The van der Waals surface area contributed by atoms with Crippen LogP contribution in [0, 0.1) is 23.7 Å². The van der Waals surface area contributed by atoms with Crippen molar-refractivity contribution in [3.05, 3.63) is 138 Å². The number of nitrogens with one attached hydrogen (secondary N) is 1. The average molecular weight is 582 g/mol. The van der Waals surface area contributed by atoms with E-state index < -0.39 is 0 Å². The normalized spacial score (nSPS) is 26.9. The molecule has 0 bridgehead atoms. The fraction of sp³-hybridized carbons (Fsp3) is 0.317. The van der Waals surface area contributed by atoms with Gasteiger partial charge in [0.05, 0.1) is 0 Å². The lowest BCUT2D eigenvalue weighted by atomic mass is 9.66. The van der Waals surface area contributed by atoms with Gasteiger partial charge >= 0.3 is 0 Å². The van der Waals surface area contributed by atoms with E-state index in [4.69, 9.17) is 12.6 Å². The standard InChI is InChI=1S/C41H43NS/c43-41-23-8-7-20-37(41)34-18-9-16-31(26-34)32-17-10-19-35(27-32)42-40-28-33(29-12-3-1-4-13-29)24-25-39(40)38-22-11-21-36(38)30-14-5-2-6-15-30/h2-3,5-9,11-12,14-18,20-23,26-27,29,33,38-40,42-43H,1,4,10,13,19,24-25,28H2. The van der Waals surface area contributed by atoms with Crippen LogP contribution in [0.1, 0.15) is 62.5 Å². The van der Waals surface area contributed by atoms with E-state index in [2.05, 4.69) is 121 Å². The summed E-state index contributed by atoms with van der Waals surface area (Å²) in [4.78, 5) is 1.02. The maximum absolute atomic E-state index is 4.73. The summed E-state index contributed by atoms with van der Waals surface area (Å²) >= 11 is 4.73. The van der Waals surface area contributed by atoms with E-state index in [0.29, 0.717) is 17.9 Å². The largest absolute Gasteiger partial charge is 0.385 e. The molecule has 43 heavy (non-hydrogen) atoms. The maximum atomic E-state index is 4.73. The van der Waals surface area contributed by atoms with Crippen LogP contribution in [-0.2, 0) is 0 Å².